The van der Waals surface area contributed by atoms with Crippen LogP contribution in [0, 0.1) is 0 Å². The third kappa shape index (κ3) is 2.77. The van der Waals surface area contributed by atoms with E-state index in [2.05, 4.69) is 17.4 Å². The summed E-state index contributed by atoms with van der Waals surface area (Å²) in [4.78, 5) is 12.2. The van der Waals surface area contributed by atoms with Gasteiger partial charge in [0, 0.05) is 5.69 Å². The van der Waals surface area contributed by atoms with Gasteiger partial charge in [-0.1, -0.05) is 18.9 Å². The summed E-state index contributed by atoms with van der Waals surface area (Å²) >= 11 is 0. The summed E-state index contributed by atoms with van der Waals surface area (Å²) in [6, 6.07) is 6.24. The molecule has 1 amide bonds. The number of hydrogen-bond acceptors (Lipinski definition) is 2. The molecule has 0 spiro atoms. The second-order valence-corrected chi connectivity index (χ2v) is 5.65. The summed E-state index contributed by atoms with van der Waals surface area (Å²) in [5, 5.41) is 2.99. The van der Waals surface area contributed by atoms with Gasteiger partial charge in [0.25, 0.3) is 0 Å². The number of hydrogen-bond donors (Lipinski definition) is 2. The highest BCUT2D eigenvalue weighted by molar-refractivity contribution is 5.98. The highest BCUT2D eigenvalue weighted by Gasteiger charge is 2.37. The minimum absolute atomic E-state index is 0. The zero-order valence-electron chi connectivity index (χ0n) is 11.1. The van der Waals surface area contributed by atoms with Gasteiger partial charge in [-0.05, 0) is 55.4 Å². The van der Waals surface area contributed by atoms with Crippen molar-refractivity contribution >= 4 is 24.0 Å². The molecule has 2 aliphatic rings. The van der Waals surface area contributed by atoms with Gasteiger partial charge in [0.15, 0.2) is 0 Å². The maximum absolute atomic E-state index is 12.2. The van der Waals surface area contributed by atoms with Gasteiger partial charge in [0.1, 0.15) is 0 Å². The van der Waals surface area contributed by atoms with Crippen LogP contribution in [-0.4, -0.2) is 11.4 Å². The molecule has 104 valence electrons. The van der Waals surface area contributed by atoms with E-state index in [0.717, 1.165) is 37.8 Å². The van der Waals surface area contributed by atoms with Crippen LogP contribution in [-0.2, 0) is 17.6 Å². The molecule has 0 aliphatic heterocycles. The average molecular weight is 281 g/mol. The second kappa shape index (κ2) is 5.51. The van der Waals surface area contributed by atoms with E-state index in [1.54, 1.807) is 0 Å². The lowest BCUT2D eigenvalue weighted by Crippen LogP contribution is -2.48. The molecule has 1 aromatic rings. The summed E-state index contributed by atoms with van der Waals surface area (Å²) in [7, 11) is 0. The third-order valence-electron chi connectivity index (χ3n) is 4.30. The number of amides is 1. The average Bonchev–Trinajstić information content (AvgIpc) is 2.98. The van der Waals surface area contributed by atoms with E-state index in [1.165, 1.54) is 24.0 Å². The molecule has 0 saturated heterocycles. The molecule has 3 rings (SSSR count). The van der Waals surface area contributed by atoms with Crippen LogP contribution in [0.1, 0.15) is 43.2 Å². The fourth-order valence-electron chi connectivity index (χ4n) is 3.14. The lowest BCUT2D eigenvalue weighted by atomic mass is 9.98. The van der Waals surface area contributed by atoms with E-state index < -0.39 is 5.54 Å². The molecular weight excluding hydrogens is 260 g/mol. The molecule has 0 aromatic heterocycles. The number of benzene rings is 1. The van der Waals surface area contributed by atoms with Crippen molar-refractivity contribution in [3.8, 4) is 0 Å². The lowest BCUT2D eigenvalue weighted by molar-refractivity contribution is -0.121. The smallest absolute Gasteiger partial charge is 0.244 e. The number of aryl methyl sites for hydroxylation is 2. The van der Waals surface area contributed by atoms with Crippen LogP contribution in [0.25, 0.3) is 0 Å². The Labute approximate surface area is 120 Å². The number of fused-ring (bicyclic) bond motifs is 1. The number of nitrogens with one attached hydrogen (secondary N) is 1. The molecule has 0 bridgehead atoms. The van der Waals surface area contributed by atoms with Crippen molar-refractivity contribution in [3.63, 3.8) is 0 Å². The molecule has 4 heteroatoms. The SMILES string of the molecule is Cl.NC1(C(=O)Nc2ccc3c(c2)CCC3)CCCC1. The van der Waals surface area contributed by atoms with Crippen LogP contribution in [0.15, 0.2) is 18.2 Å². The van der Waals surface area contributed by atoms with Gasteiger partial charge >= 0.3 is 0 Å². The van der Waals surface area contributed by atoms with Gasteiger partial charge in [-0.2, -0.15) is 0 Å². The molecule has 0 unspecified atom stereocenters. The zero-order valence-corrected chi connectivity index (χ0v) is 11.9. The van der Waals surface area contributed by atoms with Crippen molar-refractivity contribution in [2.45, 2.75) is 50.5 Å². The quantitative estimate of drug-likeness (QED) is 0.875. The predicted octanol–water partition coefficient (Wildman–Crippen LogP) is 2.81. The lowest BCUT2D eigenvalue weighted by Gasteiger charge is -2.22. The Bertz CT molecular complexity index is 481. The number of carbonyl (C=O) groups is 1. The van der Waals surface area contributed by atoms with E-state index in [0.29, 0.717) is 0 Å². The standard InChI is InChI=1S/C15H20N2O.ClH/c16-15(8-1-2-9-15)14(18)17-13-7-6-11-4-3-5-12(11)10-13;/h6-7,10H,1-5,8-9,16H2,(H,17,18);1H. The first-order valence-electron chi connectivity index (χ1n) is 6.90. The Balaban J connectivity index is 0.00000133. The van der Waals surface area contributed by atoms with Gasteiger partial charge in [-0.25, -0.2) is 0 Å². The molecule has 1 saturated carbocycles. The minimum atomic E-state index is -0.640. The number of rotatable bonds is 2. The maximum Gasteiger partial charge on any atom is 0.244 e. The first-order chi connectivity index (χ1) is 8.67. The highest BCUT2D eigenvalue weighted by atomic mass is 35.5. The summed E-state index contributed by atoms with van der Waals surface area (Å²) in [6.07, 6.45) is 7.28. The van der Waals surface area contributed by atoms with E-state index in [4.69, 9.17) is 5.73 Å². The Morgan fingerprint density at radius 2 is 1.79 bits per heavy atom. The van der Waals surface area contributed by atoms with Crippen molar-refractivity contribution in [3.05, 3.63) is 29.3 Å². The third-order valence-corrected chi connectivity index (χ3v) is 4.30. The van der Waals surface area contributed by atoms with E-state index in [9.17, 15) is 4.79 Å². The van der Waals surface area contributed by atoms with Crippen LogP contribution in [0.4, 0.5) is 5.69 Å². The summed E-state index contributed by atoms with van der Waals surface area (Å²) in [5.74, 6) is -0.0158. The van der Waals surface area contributed by atoms with E-state index in [-0.39, 0.29) is 18.3 Å². The number of nitrogens with two attached hydrogens (primary N) is 1. The fraction of sp³-hybridized carbons (Fsp3) is 0.533. The Morgan fingerprint density at radius 3 is 2.53 bits per heavy atom. The number of halogens is 1. The van der Waals surface area contributed by atoms with E-state index >= 15 is 0 Å². The van der Waals surface area contributed by atoms with Crippen LogP contribution < -0.4 is 11.1 Å². The van der Waals surface area contributed by atoms with Crippen LogP contribution in [0.2, 0.25) is 0 Å². The predicted molar refractivity (Wildman–Crippen MR) is 79.7 cm³/mol. The summed E-state index contributed by atoms with van der Waals surface area (Å²) < 4.78 is 0. The molecule has 0 radical (unpaired) electrons. The first kappa shape index (κ1) is 14.4. The molecule has 0 heterocycles. The molecule has 19 heavy (non-hydrogen) atoms. The number of anilines is 1. The van der Waals surface area contributed by atoms with Crippen molar-refractivity contribution in [1.29, 1.82) is 0 Å². The normalized spacial score (nSPS) is 19.6. The van der Waals surface area contributed by atoms with Crippen LogP contribution in [0.3, 0.4) is 0 Å². The van der Waals surface area contributed by atoms with Gasteiger partial charge in [0.2, 0.25) is 5.91 Å². The molecule has 3 N–H and O–H groups in total. The van der Waals surface area contributed by atoms with Crippen LogP contribution in [0.5, 0.6) is 0 Å². The van der Waals surface area contributed by atoms with Crippen molar-refractivity contribution in [2.24, 2.45) is 5.73 Å². The van der Waals surface area contributed by atoms with Gasteiger partial charge in [0.05, 0.1) is 5.54 Å². The largest absolute Gasteiger partial charge is 0.324 e. The topological polar surface area (TPSA) is 55.1 Å². The Hall–Kier alpha value is -1.06. The molecular formula is C15H21ClN2O. The number of carbonyl (C=O) groups excluding carboxylic acids is 1. The Kier molecular flexibility index (Phi) is 4.16. The van der Waals surface area contributed by atoms with Gasteiger partial charge in [-0.15, -0.1) is 12.4 Å². The minimum Gasteiger partial charge on any atom is -0.324 e. The van der Waals surface area contributed by atoms with Gasteiger partial charge < -0.3 is 11.1 Å². The molecule has 3 nitrogen and oxygen atoms in total. The summed E-state index contributed by atoms with van der Waals surface area (Å²) in [5.41, 5.74) is 9.22. The Morgan fingerprint density at radius 1 is 1.11 bits per heavy atom. The van der Waals surface area contributed by atoms with E-state index in [1.807, 2.05) is 6.07 Å². The van der Waals surface area contributed by atoms with Crippen molar-refractivity contribution in [2.75, 3.05) is 5.32 Å². The molecule has 0 atom stereocenters. The molecule has 2 aliphatic carbocycles. The van der Waals surface area contributed by atoms with Crippen molar-refractivity contribution < 1.29 is 4.79 Å². The monoisotopic (exact) mass is 280 g/mol. The summed E-state index contributed by atoms with van der Waals surface area (Å²) in [6.45, 7) is 0. The maximum atomic E-state index is 12.2. The fourth-order valence-corrected chi connectivity index (χ4v) is 3.14. The second-order valence-electron chi connectivity index (χ2n) is 5.65. The zero-order chi connectivity index (χ0) is 12.6. The van der Waals surface area contributed by atoms with Crippen molar-refractivity contribution in [1.82, 2.24) is 0 Å². The van der Waals surface area contributed by atoms with Crippen LogP contribution >= 0.6 is 12.4 Å². The molecule has 1 aromatic carbocycles. The first-order valence-corrected chi connectivity index (χ1v) is 6.90. The highest BCUT2D eigenvalue weighted by Crippen LogP contribution is 2.29. The van der Waals surface area contributed by atoms with Gasteiger partial charge in [-0.3, -0.25) is 4.79 Å². The molecule has 1 fully saturated rings.